The molecule has 6 heteroatoms. The van der Waals surface area contributed by atoms with Crippen LogP contribution < -0.4 is 10.1 Å². The van der Waals surface area contributed by atoms with Crippen molar-refractivity contribution in [2.45, 2.75) is 26.2 Å². The zero-order valence-corrected chi connectivity index (χ0v) is 15.1. The summed E-state index contributed by atoms with van der Waals surface area (Å²) in [7, 11) is 0. The summed E-state index contributed by atoms with van der Waals surface area (Å²) in [6.07, 6.45) is 1.42. The molecule has 0 spiro atoms. The van der Waals surface area contributed by atoms with Crippen molar-refractivity contribution < 1.29 is 19.4 Å². The lowest BCUT2D eigenvalue weighted by atomic mass is 9.99. The number of hydrogen-bond donors (Lipinski definition) is 2. The van der Waals surface area contributed by atoms with Gasteiger partial charge in [-0.05, 0) is 48.9 Å². The van der Waals surface area contributed by atoms with Gasteiger partial charge >= 0.3 is 5.97 Å². The summed E-state index contributed by atoms with van der Waals surface area (Å²) in [5, 5.41) is 14.1. The van der Waals surface area contributed by atoms with Crippen molar-refractivity contribution in [2.75, 3.05) is 13.2 Å². The molecule has 1 aromatic heterocycles. The zero-order chi connectivity index (χ0) is 18.1. The third-order valence-corrected chi connectivity index (χ3v) is 4.73. The van der Waals surface area contributed by atoms with Crippen molar-refractivity contribution in [1.82, 2.24) is 5.32 Å². The number of amides is 1. The molecule has 0 aliphatic rings. The molecule has 25 heavy (non-hydrogen) atoms. The fourth-order valence-corrected chi connectivity index (χ4v) is 3.15. The molecule has 1 heterocycles. The molecule has 5 nitrogen and oxygen atoms in total. The monoisotopic (exact) mass is 361 g/mol. The number of benzene rings is 1. The Morgan fingerprint density at radius 2 is 2.00 bits per heavy atom. The predicted molar refractivity (Wildman–Crippen MR) is 98.1 cm³/mol. The van der Waals surface area contributed by atoms with Crippen LogP contribution in [0.3, 0.4) is 0 Å². The standard InChI is InChI=1S/C19H23NO4S/c1-2-24-16-7-5-14(6-8-16)12-15(19(22)23)13-20-18(21)10-9-17-4-3-11-25-17/h3-8,11,15H,2,9-10,12-13H2,1H3,(H,20,21)(H,22,23). The lowest BCUT2D eigenvalue weighted by Gasteiger charge is -2.14. The summed E-state index contributed by atoms with van der Waals surface area (Å²) in [6.45, 7) is 2.63. The van der Waals surface area contributed by atoms with E-state index < -0.39 is 11.9 Å². The topological polar surface area (TPSA) is 75.6 Å². The van der Waals surface area contributed by atoms with E-state index in [2.05, 4.69) is 5.32 Å². The Balaban J connectivity index is 1.81. The van der Waals surface area contributed by atoms with Crippen molar-refractivity contribution in [1.29, 1.82) is 0 Å². The van der Waals surface area contributed by atoms with Gasteiger partial charge in [-0.15, -0.1) is 11.3 Å². The van der Waals surface area contributed by atoms with Gasteiger partial charge in [0.2, 0.25) is 5.91 Å². The number of carbonyl (C=O) groups is 2. The highest BCUT2D eigenvalue weighted by atomic mass is 32.1. The first-order valence-electron chi connectivity index (χ1n) is 8.32. The van der Waals surface area contributed by atoms with Crippen LogP contribution in [0.25, 0.3) is 0 Å². The highest BCUT2D eigenvalue weighted by molar-refractivity contribution is 7.09. The second kappa shape index (κ2) is 9.84. The van der Waals surface area contributed by atoms with E-state index in [9.17, 15) is 14.7 Å². The number of carbonyl (C=O) groups excluding carboxylic acids is 1. The summed E-state index contributed by atoms with van der Waals surface area (Å²) in [4.78, 5) is 24.5. The number of ether oxygens (including phenoxy) is 1. The van der Waals surface area contributed by atoms with Gasteiger partial charge in [-0.3, -0.25) is 9.59 Å². The molecule has 2 aromatic rings. The van der Waals surface area contributed by atoms with Gasteiger partial charge in [0.25, 0.3) is 0 Å². The number of thiophene rings is 1. The Labute approximate surface area is 151 Å². The summed E-state index contributed by atoms with van der Waals surface area (Å²) in [6, 6.07) is 11.3. The smallest absolute Gasteiger partial charge is 0.308 e. The molecule has 0 saturated carbocycles. The van der Waals surface area contributed by atoms with Crippen LogP contribution in [0.2, 0.25) is 0 Å². The zero-order valence-electron chi connectivity index (χ0n) is 14.2. The average molecular weight is 361 g/mol. The van der Waals surface area contributed by atoms with Gasteiger partial charge in [-0.25, -0.2) is 0 Å². The first-order chi connectivity index (χ1) is 12.1. The molecule has 1 aromatic carbocycles. The minimum Gasteiger partial charge on any atom is -0.494 e. The van der Waals surface area contributed by atoms with Crippen molar-refractivity contribution >= 4 is 23.2 Å². The molecule has 0 saturated heterocycles. The van der Waals surface area contributed by atoms with E-state index in [0.29, 0.717) is 25.9 Å². The molecule has 2 rings (SSSR count). The maximum atomic E-state index is 11.9. The van der Waals surface area contributed by atoms with Gasteiger partial charge < -0.3 is 15.2 Å². The van der Waals surface area contributed by atoms with Crippen LogP contribution >= 0.6 is 11.3 Å². The lowest BCUT2D eigenvalue weighted by Crippen LogP contribution is -2.34. The Hall–Kier alpha value is -2.34. The van der Waals surface area contributed by atoms with Crippen molar-refractivity contribution in [3.63, 3.8) is 0 Å². The average Bonchev–Trinajstić information content (AvgIpc) is 3.11. The van der Waals surface area contributed by atoms with E-state index in [0.717, 1.165) is 16.2 Å². The minimum atomic E-state index is -0.910. The fourth-order valence-electron chi connectivity index (χ4n) is 2.44. The Morgan fingerprint density at radius 1 is 1.24 bits per heavy atom. The highest BCUT2D eigenvalue weighted by Crippen LogP contribution is 2.15. The van der Waals surface area contributed by atoms with E-state index >= 15 is 0 Å². The normalized spacial score (nSPS) is 11.7. The van der Waals surface area contributed by atoms with E-state index in [1.165, 1.54) is 0 Å². The third-order valence-electron chi connectivity index (χ3n) is 3.79. The van der Waals surface area contributed by atoms with Gasteiger partial charge in [0, 0.05) is 17.8 Å². The molecule has 0 radical (unpaired) electrons. The third kappa shape index (κ3) is 6.58. The number of aryl methyl sites for hydroxylation is 1. The van der Waals surface area contributed by atoms with E-state index in [1.54, 1.807) is 11.3 Å². The van der Waals surface area contributed by atoms with Gasteiger partial charge in [-0.1, -0.05) is 18.2 Å². The molecule has 0 fully saturated rings. The van der Waals surface area contributed by atoms with E-state index in [4.69, 9.17) is 4.74 Å². The molecule has 2 N–H and O–H groups in total. The highest BCUT2D eigenvalue weighted by Gasteiger charge is 2.19. The molecule has 1 unspecified atom stereocenters. The number of rotatable bonds is 10. The Bertz CT molecular complexity index is 667. The van der Waals surface area contributed by atoms with Gasteiger partial charge in [0.15, 0.2) is 0 Å². The van der Waals surface area contributed by atoms with Gasteiger partial charge in [-0.2, -0.15) is 0 Å². The van der Waals surface area contributed by atoms with Gasteiger partial charge in [0.1, 0.15) is 5.75 Å². The van der Waals surface area contributed by atoms with Crippen LogP contribution in [0.1, 0.15) is 23.8 Å². The van der Waals surface area contributed by atoms with Crippen LogP contribution in [-0.4, -0.2) is 30.1 Å². The quantitative estimate of drug-likeness (QED) is 0.682. The van der Waals surface area contributed by atoms with Crippen molar-refractivity contribution in [3.8, 4) is 5.75 Å². The van der Waals surface area contributed by atoms with E-state index in [1.807, 2.05) is 48.7 Å². The van der Waals surface area contributed by atoms with Crippen LogP contribution in [0.4, 0.5) is 0 Å². The number of nitrogens with one attached hydrogen (secondary N) is 1. The number of carboxylic acid groups (broad SMARTS) is 1. The molecule has 0 aliphatic carbocycles. The van der Waals surface area contributed by atoms with Crippen LogP contribution in [-0.2, 0) is 22.4 Å². The molecule has 1 atom stereocenters. The Kier molecular flexibility index (Phi) is 7.47. The summed E-state index contributed by atoms with van der Waals surface area (Å²) >= 11 is 1.62. The predicted octanol–water partition coefficient (Wildman–Crippen LogP) is 3.14. The first kappa shape index (κ1) is 19.0. The van der Waals surface area contributed by atoms with Crippen LogP contribution in [0.15, 0.2) is 41.8 Å². The van der Waals surface area contributed by atoms with Crippen LogP contribution in [0.5, 0.6) is 5.75 Å². The number of carboxylic acids is 1. The number of hydrogen-bond acceptors (Lipinski definition) is 4. The summed E-state index contributed by atoms with van der Waals surface area (Å²) in [5.41, 5.74) is 0.906. The second-order valence-corrected chi connectivity index (χ2v) is 6.73. The van der Waals surface area contributed by atoms with Crippen molar-refractivity contribution in [2.24, 2.45) is 5.92 Å². The fraction of sp³-hybridized carbons (Fsp3) is 0.368. The summed E-state index contributed by atoms with van der Waals surface area (Å²) < 4.78 is 5.38. The lowest BCUT2D eigenvalue weighted by molar-refractivity contribution is -0.141. The van der Waals surface area contributed by atoms with Gasteiger partial charge in [0.05, 0.1) is 12.5 Å². The molecular weight excluding hydrogens is 338 g/mol. The first-order valence-corrected chi connectivity index (χ1v) is 9.20. The molecule has 0 bridgehead atoms. The summed E-state index contributed by atoms with van der Waals surface area (Å²) in [5.74, 6) is -0.914. The van der Waals surface area contributed by atoms with Crippen LogP contribution in [0, 0.1) is 5.92 Å². The van der Waals surface area contributed by atoms with E-state index in [-0.39, 0.29) is 12.5 Å². The van der Waals surface area contributed by atoms with Crippen molar-refractivity contribution in [3.05, 3.63) is 52.2 Å². The SMILES string of the molecule is CCOc1ccc(CC(CNC(=O)CCc2cccs2)C(=O)O)cc1. The molecule has 1 amide bonds. The maximum absolute atomic E-state index is 11.9. The molecular formula is C19H23NO4S. The molecule has 134 valence electrons. The second-order valence-electron chi connectivity index (χ2n) is 5.70. The Morgan fingerprint density at radius 3 is 2.60 bits per heavy atom. The minimum absolute atomic E-state index is 0.119. The molecule has 0 aliphatic heterocycles. The maximum Gasteiger partial charge on any atom is 0.308 e. The largest absolute Gasteiger partial charge is 0.494 e. The number of aliphatic carboxylic acids is 1.